The number of halogens is 1. The van der Waals surface area contributed by atoms with Crippen LogP contribution in [0.1, 0.15) is 17.5 Å². The molecule has 130 valence electrons. The van der Waals surface area contributed by atoms with Crippen molar-refractivity contribution in [1.82, 2.24) is 0 Å². The summed E-state index contributed by atoms with van der Waals surface area (Å²) in [6, 6.07) is 15.3. The molecule has 2 aromatic carbocycles. The minimum absolute atomic E-state index is 0.161. The van der Waals surface area contributed by atoms with Gasteiger partial charge in [0.05, 0.1) is 12.5 Å². The minimum Gasteiger partial charge on any atom is -0.402 e. The highest BCUT2D eigenvalue weighted by molar-refractivity contribution is 6.12. The van der Waals surface area contributed by atoms with Crippen molar-refractivity contribution >= 4 is 23.6 Å². The Bertz CT molecular complexity index is 910. The summed E-state index contributed by atoms with van der Waals surface area (Å²) < 4.78 is 18.2. The molecule has 1 aliphatic heterocycles. The topological polar surface area (TPSA) is 65.7 Å². The van der Waals surface area contributed by atoms with Gasteiger partial charge in [0.15, 0.2) is 5.70 Å². The molecule has 1 aliphatic rings. The summed E-state index contributed by atoms with van der Waals surface area (Å²) in [6.45, 7) is 0.647. The zero-order valence-corrected chi connectivity index (χ0v) is 14.1. The van der Waals surface area contributed by atoms with E-state index in [-0.39, 0.29) is 17.4 Å². The molecule has 3 rings (SSSR count). The van der Waals surface area contributed by atoms with Gasteiger partial charge >= 0.3 is 5.97 Å². The van der Waals surface area contributed by atoms with Crippen LogP contribution in [0.5, 0.6) is 0 Å². The normalized spacial score (nSPS) is 14.7. The SMILES string of the molecule is CN(CCC#N)c1ccc(C=C2N=C(c3ccc(F)cc3)OC2=O)cc1. The molecule has 0 radical (unpaired) electrons. The summed E-state index contributed by atoms with van der Waals surface area (Å²) in [5, 5.41) is 8.65. The maximum atomic E-state index is 13.0. The summed E-state index contributed by atoms with van der Waals surface area (Å²) in [5.74, 6) is -0.747. The Morgan fingerprint density at radius 3 is 2.54 bits per heavy atom. The van der Waals surface area contributed by atoms with Crippen molar-refractivity contribution in [2.45, 2.75) is 6.42 Å². The fraction of sp³-hybridized carbons (Fsp3) is 0.150. The van der Waals surface area contributed by atoms with Gasteiger partial charge in [0.2, 0.25) is 5.90 Å². The molecule has 0 saturated heterocycles. The van der Waals surface area contributed by atoms with Gasteiger partial charge in [0.1, 0.15) is 5.82 Å². The number of aliphatic imine (C=N–C) groups is 1. The van der Waals surface area contributed by atoms with Crippen LogP contribution in [0.25, 0.3) is 6.08 Å². The molecule has 0 spiro atoms. The van der Waals surface area contributed by atoms with Gasteiger partial charge in [0, 0.05) is 24.8 Å². The zero-order chi connectivity index (χ0) is 18.5. The Hall–Kier alpha value is -3.46. The molecule has 0 aliphatic carbocycles. The first-order valence-electron chi connectivity index (χ1n) is 8.03. The standard InChI is InChI=1S/C20H16FN3O2/c1-24(12-2-11-22)17-9-3-14(4-10-17)13-18-20(25)26-19(23-18)15-5-7-16(21)8-6-15/h3-10,13H,2,12H2,1H3. The fourth-order valence-corrected chi connectivity index (χ4v) is 2.45. The van der Waals surface area contributed by atoms with Crippen LogP contribution in [-0.4, -0.2) is 25.5 Å². The lowest BCUT2D eigenvalue weighted by Gasteiger charge is -2.17. The summed E-state index contributed by atoms with van der Waals surface area (Å²) in [4.78, 5) is 18.2. The van der Waals surface area contributed by atoms with E-state index < -0.39 is 5.97 Å². The molecule has 0 N–H and O–H groups in total. The quantitative estimate of drug-likeness (QED) is 0.612. The van der Waals surface area contributed by atoms with Crippen LogP contribution < -0.4 is 4.90 Å². The van der Waals surface area contributed by atoms with Gasteiger partial charge in [-0.1, -0.05) is 12.1 Å². The number of carbonyl (C=O) groups is 1. The van der Waals surface area contributed by atoms with E-state index >= 15 is 0 Å². The van der Waals surface area contributed by atoms with Crippen molar-refractivity contribution in [3.05, 3.63) is 71.2 Å². The van der Waals surface area contributed by atoms with Crippen LogP contribution in [0.4, 0.5) is 10.1 Å². The maximum absolute atomic E-state index is 13.0. The van der Waals surface area contributed by atoms with Crippen molar-refractivity contribution < 1.29 is 13.9 Å². The van der Waals surface area contributed by atoms with E-state index in [1.165, 1.54) is 24.3 Å². The number of hydrogen-bond donors (Lipinski definition) is 0. The molecule has 0 bridgehead atoms. The number of cyclic esters (lactones) is 1. The van der Waals surface area contributed by atoms with Crippen LogP contribution in [0.2, 0.25) is 0 Å². The first-order chi connectivity index (χ1) is 12.6. The van der Waals surface area contributed by atoms with Gasteiger partial charge in [-0.05, 0) is 48.0 Å². The third kappa shape index (κ3) is 3.95. The maximum Gasteiger partial charge on any atom is 0.363 e. The van der Waals surface area contributed by atoms with Gasteiger partial charge < -0.3 is 9.64 Å². The molecule has 6 heteroatoms. The molecule has 0 aromatic heterocycles. The molecule has 0 atom stereocenters. The second-order valence-electron chi connectivity index (χ2n) is 5.76. The van der Waals surface area contributed by atoms with E-state index in [4.69, 9.17) is 10.00 Å². The number of carbonyl (C=O) groups excluding carboxylic acids is 1. The predicted octanol–water partition coefficient (Wildman–Crippen LogP) is 3.52. The average molecular weight is 349 g/mol. The first-order valence-corrected chi connectivity index (χ1v) is 8.03. The van der Waals surface area contributed by atoms with Gasteiger partial charge in [-0.15, -0.1) is 0 Å². The zero-order valence-electron chi connectivity index (χ0n) is 14.1. The monoisotopic (exact) mass is 349 g/mol. The molecular weight excluding hydrogens is 333 g/mol. The summed E-state index contributed by atoms with van der Waals surface area (Å²) in [5.41, 5.74) is 2.51. The molecule has 2 aromatic rings. The second kappa shape index (κ2) is 7.62. The van der Waals surface area contributed by atoms with E-state index in [2.05, 4.69) is 11.1 Å². The first kappa shape index (κ1) is 17.4. The van der Waals surface area contributed by atoms with Crippen LogP contribution in [0.3, 0.4) is 0 Å². The molecule has 0 fully saturated rings. The number of rotatable bonds is 5. The fourth-order valence-electron chi connectivity index (χ4n) is 2.45. The number of hydrogen-bond acceptors (Lipinski definition) is 5. The molecule has 1 heterocycles. The van der Waals surface area contributed by atoms with E-state index in [0.29, 0.717) is 18.5 Å². The summed E-state index contributed by atoms with van der Waals surface area (Å²) in [6.07, 6.45) is 2.09. The van der Waals surface area contributed by atoms with Gasteiger partial charge in [-0.25, -0.2) is 14.2 Å². The molecule has 0 unspecified atom stereocenters. The van der Waals surface area contributed by atoms with Crippen molar-refractivity contribution in [3.63, 3.8) is 0 Å². The lowest BCUT2D eigenvalue weighted by atomic mass is 10.1. The number of nitrogens with zero attached hydrogens (tertiary/aromatic N) is 3. The van der Waals surface area contributed by atoms with Crippen LogP contribution in [0.15, 0.2) is 59.2 Å². The van der Waals surface area contributed by atoms with Crippen LogP contribution in [0, 0.1) is 17.1 Å². The minimum atomic E-state index is -0.542. The van der Waals surface area contributed by atoms with Crippen LogP contribution >= 0.6 is 0 Å². The van der Waals surface area contributed by atoms with Gasteiger partial charge in [-0.2, -0.15) is 5.26 Å². The highest BCUT2D eigenvalue weighted by atomic mass is 19.1. The third-order valence-corrected chi connectivity index (χ3v) is 3.91. The van der Waals surface area contributed by atoms with Crippen molar-refractivity contribution in [2.24, 2.45) is 4.99 Å². The lowest BCUT2D eigenvalue weighted by Crippen LogP contribution is -2.17. The smallest absolute Gasteiger partial charge is 0.363 e. The van der Waals surface area contributed by atoms with Gasteiger partial charge in [-0.3, -0.25) is 0 Å². The lowest BCUT2D eigenvalue weighted by molar-refractivity contribution is -0.129. The molecule has 5 nitrogen and oxygen atoms in total. The Balaban J connectivity index is 1.78. The number of nitriles is 1. The summed E-state index contributed by atoms with van der Waals surface area (Å²) >= 11 is 0. The molecule has 0 saturated carbocycles. The van der Waals surface area contributed by atoms with E-state index in [1.807, 2.05) is 36.2 Å². The average Bonchev–Trinajstić information content (AvgIpc) is 3.01. The predicted molar refractivity (Wildman–Crippen MR) is 96.9 cm³/mol. The number of ether oxygens (including phenoxy) is 1. The number of benzene rings is 2. The Morgan fingerprint density at radius 2 is 1.88 bits per heavy atom. The largest absolute Gasteiger partial charge is 0.402 e. The third-order valence-electron chi connectivity index (χ3n) is 3.91. The molecule has 0 amide bonds. The van der Waals surface area contributed by atoms with Crippen LogP contribution in [-0.2, 0) is 9.53 Å². The highest BCUT2D eigenvalue weighted by Gasteiger charge is 2.24. The Morgan fingerprint density at radius 1 is 1.19 bits per heavy atom. The number of anilines is 1. The Kier molecular flexibility index (Phi) is 5.09. The van der Waals surface area contributed by atoms with Crippen molar-refractivity contribution in [2.75, 3.05) is 18.5 Å². The number of esters is 1. The summed E-state index contributed by atoms with van der Waals surface area (Å²) in [7, 11) is 1.92. The van der Waals surface area contributed by atoms with Gasteiger partial charge in [0.25, 0.3) is 0 Å². The Labute approximate surface area is 150 Å². The molecule has 26 heavy (non-hydrogen) atoms. The van der Waals surface area contributed by atoms with Crippen molar-refractivity contribution in [1.29, 1.82) is 5.26 Å². The van der Waals surface area contributed by atoms with E-state index in [0.717, 1.165) is 11.3 Å². The highest BCUT2D eigenvalue weighted by Crippen LogP contribution is 2.21. The van der Waals surface area contributed by atoms with Crippen molar-refractivity contribution in [3.8, 4) is 6.07 Å². The second-order valence-corrected chi connectivity index (χ2v) is 5.76. The molecular formula is C20H16FN3O2. The van der Waals surface area contributed by atoms with E-state index in [1.54, 1.807) is 6.08 Å². The van der Waals surface area contributed by atoms with E-state index in [9.17, 15) is 9.18 Å².